The molecule has 1 unspecified atom stereocenters. The minimum atomic E-state index is -0.795. The van der Waals surface area contributed by atoms with Gasteiger partial charge in [-0.2, -0.15) is 0 Å². The van der Waals surface area contributed by atoms with E-state index in [-0.39, 0.29) is 31.1 Å². The molecule has 0 bridgehead atoms. The van der Waals surface area contributed by atoms with Crippen LogP contribution in [0.1, 0.15) is 303 Å². The molecule has 1 atom stereocenters. The number of allylic oxidation sites excluding steroid dienone is 20. The molecule has 450 valence electrons. The lowest BCUT2D eigenvalue weighted by Crippen LogP contribution is -2.30. The Morgan fingerprint density at radius 2 is 0.519 bits per heavy atom. The lowest BCUT2D eigenvalue weighted by atomic mass is 10.1. The van der Waals surface area contributed by atoms with Gasteiger partial charge in [0.1, 0.15) is 13.2 Å². The third-order valence-electron chi connectivity index (χ3n) is 13.9. The number of ether oxygens (including phenoxy) is 3. The second-order valence-corrected chi connectivity index (χ2v) is 21.6. The highest BCUT2D eigenvalue weighted by atomic mass is 16.6. The molecule has 0 aromatic carbocycles. The Bertz CT molecular complexity index is 1640. The molecule has 79 heavy (non-hydrogen) atoms. The minimum Gasteiger partial charge on any atom is -0.462 e. The quantitative estimate of drug-likeness (QED) is 0.0261. The summed E-state index contributed by atoms with van der Waals surface area (Å²) in [4.78, 5) is 38.4. The van der Waals surface area contributed by atoms with Gasteiger partial charge in [0, 0.05) is 19.3 Å². The van der Waals surface area contributed by atoms with Crippen molar-refractivity contribution in [3.8, 4) is 0 Å². The zero-order chi connectivity index (χ0) is 57.1. The molecule has 0 rings (SSSR count). The normalized spacial score (nSPS) is 12.9. The van der Waals surface area contributed by atoms with Gasteiger partial charge < -0.3 is 14.2 Å². The standard InChI is InChI=1S/C73H122O6/c1-4-7-10-13-16-19-22-25-27-29-31-33-35-36-38-39-41-43-45-48-51-54-57-60-63-66-72(75)78-69-70(68-77-71(74)65-62-59-56-53-50-47-24-21-18-15-12-9-6-3)79-73(76)67-64-61-58-55-52-49-46-44-42-40-37-34-32-30-28-26-23-20-17-14-11-8-5-2/h7,10,12,15-16,19,21,23-27,30-33,36-38,40,70H,4-6,8-9,11,13-14,17-18,20,22,28-29,34-35,39,41-69H2,1-3H3/b10-7-,15-12-,19-16-,24-21-,26-23-,27-25-,32-30-,33-31-,38-36-,40-37-. The van der Waals surface area contributed by atoms with Crippen molar-refractivity contribution in [3.05, 3.63) is 122 Å². The molecule has 0 aliphatic heterocycles. The van der Waals surface area contributed by atoms with Crippen LogP contribution in [0.25, 0.3) is 0 Å². The molecule has 0 fully saturated rings. The summed E-state index contributed by atoms with van der Waals surface area (Å²) >= 11 is 0. The highest BCUT2D eigenvalue weighted by Crippen LogP contribution is 2.15. The molecule has 0 heterocycles. The van der Waals surface area contributed by atoms with Crippen LogP contribution in [0, 0.1) is 0 Å². The predicted molar refractivity (Wildman–Crippen MR) is 343 cm³/mol. The molecule has 0 N–H and O–H groups in total. The molecular formula is C73H122O6. The van der Waals surface area contributed by atoms with Crippen molar-refractivity contribution in [1.29, 1.82) is 0 Å². The largest absolute Gasteiger partial charge is 0.462 e. The van der Waals surface area contributed by atoms with Crippen molar-refractivity contribution in [1.82, 2.24) is 0 Å². The number of unbranched alkanes of at least 4 members (excludes halogenated alkanes) is 28. The fourth-order valence-corrected chi connectivity index (χ4v) is 8.99. The van der Waals surface area contributed by atoms with Gasteiger partial charge in [-0.3, -0.25) is 14.4 Å². The van der Waals surface area contributed by atoms with E-state index in [4.69, 9.17) is 14.2 Å². The smallest absolute Gasteiger partial charge is 0.306 e. The summed E-state index contributed by atoms with van der Waals surface area (Å²) in [6, 6.07) is 0. The Morgan fingerprint density at radius 3 is 0.823 bits per heavy atom. The maximum absolute atomic E-state index is 12.9. The zero-order valence-corrected chi connectivity index (χ0v) is 51.6. The van der Waals surface area contributed by atoms with E-state index in [2.05, 4.69) is 142 Å². The van der Waals surface area contributed by atoms with Crippen LogP contribution >= 0.6 is 0 Å². The molecule has 0 amide bonds. The van der Waals surface area contributed by atoms with E-state index < -0.39 is 6.10 Å². The summed E-state index contributed by atoms with van der Waals surface area (Å²) < 4.78 is 16.9. The first kappa shape index (κ1) is 74.8. The third kappa shape index (κ3) is 64.5. The summed E-state index contributed by atoms with van der Waals surface area (Å²) in [6.45, 7) is 6.44. The summed E-state index contributed by atoms with van der Waals surface area (Å²) in [5, 5.41) is 0. The van der Waals surface area contributed by atoms with Gasteiger partial charge in [-0.1, -0.05) is 277 Å². The van der Waals surface area contributed by atoms with Gasteiger partial charge in [-0.15, -0.1) is 0 Å². The lowest BCUT2D eigenvalue weighted by Gasteiger charge is -2.18. The van der Waals surface area contributed by atoms with Crippen molar-refractivity contribution in [2.45, 2.75) is 309 Å². The number of rotatable bonds is 59. The number of carbonyl (C=O) groups excluding carboxylic acids is 3. The summed E-state index contributed by atoms with van der Waals surface area (Å²) in [6.07, 6.45) is 92.0. The van der Waals surface area contributed by atoms with Gasteiger partial charge in [0.25, 0.3) is 0 Å². The van der Waals surface area contributed by atoms with Crippen LogP contribution in [0.4, 0.5) is 0 Å². The molecule has 0 spiro atoms. The zero-order valence-electron chi connectivity index (χ0n) is 51.6. The molecule has 0 saturated heterocycles. The summed E-state index contributed by atoms with van der Waals surface area (Å²) in [5.41, 5.74) is 0. The van der Waals surface area contributed by atoms with Gasteiger partial charge in [0.2, 0.25) is 0 Å². The van der Waals surface area contributed by atoms with Crippen LogP contribution in [0.3, 0.4) is 0 Å². The van der Waals surface area contributed by atoms with Crippen molar-refractivity contribution >= 4 is 17.9 Å². The summed E-state index contributed by atoms with van der Waals surface area (Å²) in [7, 11) is 0. The minimum absolute atomic E-state index is 0.0908. The predicted octanol–water partition coefficient (Wildman–Crippen LogP) is 22.8. The van der Waals surface area contributed by atoms with Crippen LogP contribution in [-0.4, -0.2) is 37.2 Å². The first-order chi connectivity index (χ1) is 39.0. The number of carbonyl (C=O) groups is 3. The molecule has 0 aromatic rings. The van der Waals surface area contributed by atoms with Crippen molar-refractivity contribution < 1.29 is 28.6 Å². The molecule has 0 aromatic heterocycles. The van der Waals surface area contributed by atoms with Gasteiger partial charge in [0.15, 0.2) is 6.10 Å². The average Bonchev–Trinajstić information content (AvgIpc) is 3.45. The van der Waals surface area contributed by atoms with Crippen LogP contribution < -0.4 is 0 Å². The van der Waals surface area contributed by atoms with E-state index >= 15 is 0 Å². The Balaban J connectivity index is 4.37. The SMILES string of the molecule is CC/C=C\C/C=C\C/C=C\C/C=C\C/C=C\CCCCCCCCCCCC(=O)OCC(COC(=O)CCCCCCC/C=C\C/C=C\CCC)OC(=O)CCCCCCCCCC/C=C\C/C=C\C/C=C\CCCCCCC. The Hall–Kier alpha value is -4.19. The van der Waals surface area contributed by atoms with Crippen LogP contribution in [0.5, 0.6) is 0 Å². The Kier molecular flexibility index (Phi) is 62.8. The van der Waals surface area contributed by atoms with Crippen LogP contribution in [-0.2, 0) is 28.6 Å². The highest BCUT2D eigenvalue weighted by molar-refractivity contribution is 5.71. The number of hydrogen-bond acceptors (Lipinski definition) is 6. The van der Waals surface area contributed by atoms with E-state index in [0.29, 0.717) is 19.3 Å². The summed E-state index contributed by atoms with van der Waals surface area (Å²) in [5.74, 6) is -0.912. The maximum atomic E-state index is 12.9. The monoisotopic (exact) mass is 1090 g/mol. The van der Waals surface area contributed by atoms with Gasteiger partial charge in [-0.05, 0) is 128 Å². The Labute approximate surface area is 488 Å². The maximum Gasteiger partial charge on any atom is 0.306 e. The van der Waals surface area contributed by atoms with Gasteiger partial charge >= 0.3 is 17.9 Å². The van der Waals surface area contributed by atoms with Gasteiger partial charge in [0.05, 0.1) is 0 Å². The van der Waals surface area contributed by atoms with E-state index in [0.717, 1.165) is 148 Å². The second-order valence-electron chi connectivity index (χ2n) is 21.6. The van der Waals surface area contributed by atoms with E-state index in [9.17, 15) is 14.4 Å². The van der Waals surface area contributed by atoms with E-state index in [1.807, 2.05) is 0 Å². The third-order valence-corrected chi connectivity index (χ3v) is 13.9. The molecule has 0 aliphatic rings. The first-order valence-corrected chi connectivity index (χ1v) is 33.0. The van der Waals surface area contributed by atoms with E-state index in [1.54, 1.807) is 0 Å². The molecule has 6 nitrogen and oxygen atoms in total. The molecule has 0 aliphatic carbocycles. The average molecular weight is 1100 g/mol. The molecule has 0 radical (unpaired) electrons. The fourth-order valence-electron chi connectivity index (χ4n) is 8.99. The van der Waals surface area contributed by atoms with Crippen LogP contribution in [0.2, 0.25) is 0 Å². The van der Waals surface area contributed by atoms with Crippen molar-refractivity contribution in [3.63, 3.8) is 0 Å². The molecular weight excluding hydrogens is 973 g/mol. The van der Waals surface area contributed by atoms with Gasteiger partial charge in [-0.25, -0.2) is 0 Å². The Morgan fingerprint density at radius 1 is 0.266 bits per heavy atom. The second kappa shape index (κ2) is 66.3. The van der Waals surface area contributed by atoms with Crippen LogP contribution in [0.15, 0.2) is 122 Å². The fraction of sp³-hybridized carbons (Fsp3) is 0.685. The number of esters is 3. The lowest BCUT2D eigenvalue weighted by molar-refractivity contribution is -0.167. The highest BCUT2D eigenvalue weighted by Gasteiger charge is 2.19. The van der Waals surface area contributed by atoms with Crippen molar-refractivity contribution in [2.75, 3.05) is 13.2 Å². The number of hydrogen-bond donors (Lipinski definition) is 0. The topological polar surface area (TPSA) is 78.9 Å². The van der Waals surface area contributed by atoms with E-state index in [1.165, 1.54) is 116 Å². The molecule has 0 saturated carbocycles. The first-order valence-electron chi connectivity index (χ1n) is 33.0. The molecule has 6 heteroatoms. The van der Waals surface area contributed by atoms with Crippen molar-refractivity contribution in [2.24, 2.45) is 0 Å².